The van der Waals surface area contributed by atoms with Gasteiger partial charge in [0.25, 0.3) is 0 Å². The number of nitrogens with zero attached hydrogens (tertiary/aromatic N) is 1. The van der Waals surface area contributed by atoms with Gasteiger partial charge in [-0.3, -0.25) is 9.69 Å². The first-order valence-electron chi connectivity index (χ1n) is 9.70. The average Bonchev–Trinajstić information content (AvgIpc) is 3.02. The molecular formula is C24H19F2NO2S2. The maximum Gasteiger partial charge on any atom is 0.242 e. The van der Waals surface area contributed by atoms with E-state index in [0.29, 0.717) is 23.0 Å². The van der Waals surface area contributed by atoms with Crippen molar-refractivity contribution in [3.8, 4) is 5.75 Å². The van der Waals surface area contributed by atoms with E-state index in [2.05, 4.69) is 0 Å². The van der Waals surface area contributed by atoms with Crippen LogP contribution in [0.2, 0.25) is 0 Å². The molecule has 0 unspecified atom stereocenters. The summed E-state index contributed by atoms with van der Waals surface area (Å²) in [7, 11) is 0. The third kappa shape index (κ3) is 5.48. The maximum absolute atomic E-state index is 13.3. The first kappa shape index (κ1) is 21.5. The van der Waals surface area contributed by atoms with Gasteiger partial charge >= 0.3 is 0 Å². The van der Waals surface area contributed by atoms with Gasteiger partial charge in [-0.05, 0) is 59.5 Å². The summed E-state index contributed by atoms with van der Waals surface area (Å²) >= 11 is 6.77. The fourth-order valence-electron chi connectivity index (χ4n) is 3.27. The molecule has 3 aromatic rings. The largest absolute Gasteiger partial charge is 0.489 e. The summed E-state index contributed by atoms with van der Waals surface area (Å²) in [4.78, 5) is 14.4. The van der Waals surface area contributed by atoms with Crippen LogP contribution in [0.5, 0.6) is 5.75 Å². The first-order chi connectivity index (χ1) is 15.0. The van der Waals surface area contributed by atoms with Crippen LogP contribution in [0.1, 0.15) is 16.7 Å². The Morgan fingerprint density at radius 3 is 2.32 bits per heavy atom. The number of thiocarbonyl (C=S) groups is 1. The third-order valence-corrected chi connectivity index (χ3v) is 6.48. The molecule has 158 valence electrons. The standard InChI is InChI=1S/C24H19F2NO2S2/c25-19-8-4-17(5-9-19)14-27-23(28)22(31-24(27)30)13-16-6-10-21(11-7-16)29-15-18-2-1-3-20(26)12-18/h1-12,22H,13-15H2/t22-/m0/s1. The molecule has 1 fully saturated rings. The molecule has 1 atom stereocenters. The molecule has 0 N–H and O–H groups in total. The Morgan fingerprint density at radius 2 is 1.61 bits per heavy atom. The molecule has 1 heterocycles. The fraction of sp³-hybridized carbons (Fsp3) is 0.167. The highest BCUT2D eigenvalue weighted by atomic mass is 32.2. The Hall–Kier alpha value is -2.77. The number of hydrogen-bond acceptors (Lipinski definition) is 4. The summed E-state index contributed by atoms with van der Waals surface area (Å²) < 4.78 is 32.6. The SMILES string of the molecule is O=C1[C@H](Cc2ccc(OCc3cccc(F)c3)cc2)SC(=S)N1Cc1ccc(F)cc1. The van der Waals surface area contributed by atoms with Crippen LogP contribution in [0.15, 0.2) is 72.8 Å². The summed E-state index contributed by atoms with van der Waals surface area (Å²) in [6.45, 7) is 0.620. The van der Waals surface area contributed by atoms with Gasteiger partial charge in [-0.15, -0.1) is 0 Å². The summed E-state index contributed by atoms with van der Waals surface area (Å²) in [6, 6.07) is 19.9. The third-order valence-electron chi connectivity index (χ3n) is 4.90. The van der Waals surface area contributed by atoms with Crippen molar-refractivity contribution in [3.05, 3.63) is 101 Å². The lowest BCUT2D eigenvalue weighted by Gasteiger charge is -2.15. The Bertz CT molecular complexity index is 1090. The second-order valence-corrected chi connectivity index (χ2v) is 9.03. The van der Waals surface area contributed by atoms with Crippen molar-refractivity contribution in [1.29, 1.82) is 0 Å². The van der Waals surface area contributed by atoms with E-state index in [1.54, 1.807) is 29.2 Å². The molecule has 0 bridgehead atoms. The highest BCUT2D eigenvalue weighted by molar-refractivity contribution is 8.24. The normalized spacial score (nSPS) is 16.1. The van der Waals surface area contributed by atoms with Crippen LogP contribution in [-0.4, -0.2) is 20.4 Å². The smallest absolute Gasteiger partial charge is 0.242 e. The minimum atomic E-state index is -0.310. The van der Waals surface area contributed by atoms with E-state index < -0.39 is 0 Å². The van der Waals surface area contributed by atoms with Crippen LogP contribution in [0, 0.1) is 11.6 Å². The van der Waals surface area contributed by atoms with Crippen LogP contribution in [0.25, 0.3) is 0 Å². The topological polar surface area (TPSA) is 29.5 Å². The number of benzene rings is 3. The molecule has 0 radical (unpaired) electrons. The molecule has 1 aliphatic rings. The monoisotopic (exact) mass is 455 g/mol. The summed E-state index contributed by atoms with van der Waals surface area (Å²) in [5.41, 5.74) is 2.58. The molecule has 0 spiro atoms. The summed E-state index contributed by atoms with van der Waals surface area (Å²) in [5.74, 6) is 0.0360. The fourth-order valence-corrected chi connectivity index (χ4v) is 4.80. The van der Waals surface area contributed by atoms with Crippen molar-refractivity contribution in [3.63, 3.8) is 0 Å². The van der Waals surface area contributed by atoms with Crippen molar-refractivity contribution < 1.29 is 18.3 Å². The average molecular weight is 456 g/mol. The molecule has 0 aliphatic carbocycles. The van der Waals surface area contributed by atoms with E-state index in [4.69, 9.17) is 17.0 Å². The number of amides is 1. The van der Waals surface area contributed by atoms with Crippen molar-refractivity contribution in [2.75, 3.05) is 0 Å². The number of rotatable bonds is 7. The lowest BCUT2D eigenvalue weighted by Crippen LogP contribution is -2.31. The predicted molar refractivity (Wildman–Crippen MR) is 122 cm³/mol. The van der Waals surface area contributed by atoms with Crippen LogP contribution >= 0.6 is 24.0 Å². The molecule has 31 heavy (non-hydrogen) atoms. The van der Waals surface area contributed by atoms with Crippen LogP contribution < -0.4 is 4.74 Å². The number of carbonyl (C=O) groups is 1. The highest BCUT2D eigenvalue weighted by Crippen LogP contribution is 2.31. The van der Waals surface area contributed by atoms with E-state index in [-0.39, 0.29) is 29.4 Å². The summed E-state index contributed by atoms with van der Waals surface area (Å²) in [6.07, 6.45) is 0.549. The second kappa shape index (κ2) is 9.58. The number of carbonyl (C=O) groups excluding carboxylic acids is 1. The van der Waals surface area contributed by atoms with Gasteiger partial charge in [0.15, 0.2) is 0 Å². The highest BCUT2D eigenvalue weighted by Gasteiger charge is 2.36. The number of thioether (sulfide) groups is 1. The molecule has 3 aromatic carbocycles. The molecule has 7 heteroatoms. The van der Waals surface area contributed by atoms with E-state index >= 15 is 0 Å². The van der Waals surface area contributed by atoms with E-state index in [9.17, 15) is 13.6 Å². The van der Waals surface area contributed by atoms with E-state index in [0.717, 1.165) is 16.7 Å². The van der Waals surface area contributed by atoms with Gasteiger partial charge < -0.3 is 4.74 Å². The van der Waals surface area contributed by atoms with Gasteiger partial charge in [0, 0.05) is 0 Å². The molecular weight excluding hydrogens is 436 g/mol. The zero-order valence-corrected chi connectivity index (χ0v) is 18.1. The molecule has 3 nitrogen and oxygen atoms in total. The molecule has 1 saturated heterocycles. The zero-order valence-electron chi connectivity index (χ0n) is 16.5. The quantitative estimate of drug-likeness (QED) is 0.439. The lowest BCUT2D eigenvalue weighted by molar-refractivity contribution is -0.126. The van der Waals surface area contributed by atoms with E-state index in [1.165, 1.54) is 36.0 Å². The maximum atomic E-state index is 13.3. The molecule has 0 aromatic heterocycles. The van der Waals surface area contributed by atoms with Crippen LogP contribution in [0.4, 0.5) is 8.78 Å². The van der Waals surface area contributed by atoms with Gasteiger partial charge in [0.2, 0.25) is 5.91 Å². The van der Waals surface area contributed by atoms with Gasteiger partial charge in [-0.2, -0.15) is 0 Å². The van der Waals surface area contributed by atoms with Gasteiger partial charge in [-0.1, -0.05) is 60.4 Å². The van der Waals surface area contributed by atoms with Crippen molar-refractivity contribution in [1.82, 2.24) is 4.90 Å². The summed E-state index contributed by atoms with van der Waals surface area (Å²) in [5, 5.41) is -0.285. The Balaban J connectivity index is 1.34. The number of hydrogen-bond donors (Lipinski definition) is 0. The lowest BCUT2D eigenvalue weighted by atomic mass is 10.1. The van der Waals surface area contributed by atoms with Crippen molar-refractivity contribution >= 4 is 34.2 Å². The van der Waals surface area contributed by atoms with Crippen LogP contribution in [-0.2, 0) is 24.4 Å². The second-order valence-electron chi connectivity index (χ2n) is 7.19. The van der Waals surface area contributed by atoms with Crippen LogP contribution in [0.3, 0.4) is 0 Å². The number of halogens is 2. The Kier molecular flexibility index (Phi) is 6.63. The predicted octanol–water partition coefficient (Wildman–Crippen LogP) is 5.52. The Morgan fingerprint density at radius 1 is 0.903 bits per heavy atom. The van der Waals surface area contributed by atoms with Gasteiger partial charge in [0.1, 0.15) is 28.3 Å². The number of ether oxygens (including phenoxy) is 1. The van der Waals surface area contributed by atoms with Gasteiger partial charge in [-0.25, -0.2) is 8.78 Å². The first-order valence-corrected chi connectivity index (χ1v) is 11.0. The molecule has 1 amide bonds. The molecule has 1 aliphatic heterocycles. The Labute approximate surface area is 189 Å². The molecule has 0 saturated carbocycles. The van der Waals surface area contributed by atoms with Crippen molar-refractivity contribution in [2.45, 2.75) is 24.8 Å². The zero-order chi connectivity index (χ0) is 21.8. The molecule has 4 rings (SSSR count). The minimum Gasteiger partial charge on any atom is -0.489 e. The minimum absolute atomic E-state index is 0.0363. The van der Waals surface area contributed by atoms with Gasteiger partial charge in [0.05, 0.1) is 11.8 Å². The van der Waals surface area contributed by atoms with Crippen molar-refractivity contribution in [2.24, 2.45) is 0 Å². The van der Waals surface area contributed by atoms with E-state index in [1.807, 2.05) is 24.3 Å².